The molecule has 0 bridgehead atoms. The van der Waals surface area contributed by atoms with Gasteiger partial charge in [0.05, 0.1) is 0 Å². The molecule has 0 radical (unpaired) electrons. The summed E-state index contributed by atoms with van der Waals surface area (Å²) in [6.45, 7) is 0. The van der Waals surface area contributed by atoms with Crippen LogP contribution < -0.4 is 3.69 Å². The second-order valence-electron chi connectivity index (χ2n) is 3.56. The van der Waals surface area contributed by atoms with Crippen molar-refractivity contribution in [3.8, 4) is 0 Å². The summed E-state index contributed by atoms with van der Waals surface area (Å²) in [5.41, 5.74) is 2.85. The molecule has 0 aromatic heterocycles. The highest BCUT2D eigenvalue weighted by molar-refractivity contribution is 9.23. The lowest BCUT2D eigenvalue weighted by Gasteiger charge is -2.07. The highest BCUT2D eigenvalue weighted by atomic mass is 79.9. The van der Waals surface area contributed by atoms with Crippen LogP contribution in [0.1, 0.15) is 11.1 Å². The highest BCUT2D eigenvalue weighted by Crippen LogP contribution is 2.07. The minimum Gasteiger partial charge on any atom is -0.296 e. The summed E-state index contributed by atoms with van der Waals surface area (Å²) in [5, 5.41) is 0. The molecule has 2 aromatic rings. The highest BCUT2D eigenvalue weighted by Gasteiger charge is 2.02. The van der Waals surface area contributed by atoms with Crippen LogP contribution in [0.3, 0.4) is 0 Å². The van der Waals surface area contributed by atoms with Gasteiger partial charge in [-0.25, -0.2) is 0 Å². The molecular weight excluding hydrogens is 260 g/mol. The summed E-state index contributed by atoms with van der Waals surface area (Å²) in [6, 6.07) is 19.4. The maximum atomic E-state index is 3.66. The Hall–Kier alpha value is -0.314. The SMILES string of the molecule is [Br][Mg][c]1ccccc1Cc1ccccc1. The van der Waals surface area contributed by atoms with E-state index in [1.807, 2.05) is 0 Å². The molecule has 0 aliphatic carbocycles. The first-order chi connectivity index (χ1) is 7.40. The average Bonchev–Trinajstić information content (AvgIpc) is 2.31. The van der Waals surface area contributed by atoms with Gasteiger partial charge in [0.25, 0.3) is 0 Å². The van der Waals surface area contributed by atoms with Gasteiger partial charge >= 0.3 is 18.2 Å². The summed E-state index contributed by atoms with van der Waals surface area (Å²) in [5.74, 6) is 0. The third-order valence-electron chi connectivity index (χ3n) is 2.50. The normalized spacial score (nSPS) is 9.67. The number of halogens is 1. The van der Waals surface area contributed by atoms with E-state index < -0.39 is 0 Å². The number of hydrogen-bond donors (Lipinski definition) is 0. The Morgan fingerprint density at radius 1 is 0.867 bits per heavy atom. The standard InChI is InChI=1S/C13H11.BrH.Mg/c1-3-7-12(8-4-1)11-13-9-5-2-6-10-13;;/h1-9H,11H2;1H;/q;;+1/p-1. The van der Waals surface area contributed by atoms with E-state index in [2.05, 4.69) is 67.5 Å². The number of hydrogen-bond acceptors (Lipinski definition) is 0. The molecule has 0 fully saturated rings. The Morgan fingerprint density at radius 2 is 1.53 bits per heavy atom. The van der Waals surface area contributed by atoms with Crippen LogP contribution in [0.25, 0.3) is 0 Å². The first-order valence-electron chi connectivity index (χ1n) is 5.07. The van der Waals surface area contributed by atoms with Gasteiger partial charge < -0.3 is 0 Å². The van der Waals surface area contributed by atoms with Crippen LogP contribution >= 0.6 is 12.9 Å². The molecule has 0 spiro atoms. The second-order valence-corrected chi connectivity index (χ2v) is 6.28. The lowest BCUT2D eigenvalue weighted by Crippen LogP contribution is -2.14. The lowest BCUT2D eigenvalue weighted by atomic mass is 10.1. The number of rotatable bonds is 3. The molecular formula is C13H11BrMg. The third-order valence-corrected chi connectivity index (χ3v) is 5.29. The molecule has 2 heteroatoms. The van der Waals surface area contributed by atoms with Gasteiger partial charge in [-0.1, -0.05) is 60.2 Å². The van der Waals surface area contributed by atoms with E-state index in [1.165, 1.54) is 14.8 Å². The van der Waals surface area contributed by atoms with Crippen molar-refractivity contribution in [1.82, 2.24) is 0 Å². The maximum absolute atomic E-state index is 3.66. The Morgan fingerprint density at radius 3 is 2.27 bits per heavy atom. The largest absolute Gasteiger partial charge is 0.507 e. The average molecular weight is 271 g/mol. The minimum atomic E-state index is -0.241. The van der Waals surface area contributed by atoms with Crippen molar-refractivity contribution in [2.45, 2.75) is 6.42 Å². The molecule has 0 nitrogen and oxygen atoms in total. The first-order valence-corrected chi connectivity index (χ1v) is 9.67. The van der Waals surface area contributed by atoms with Crippen LogP contribution in [0.15, 0.2) is 54.6 Å². The van der Waals surface area contributed by atoms with Crippen LogP contribution in [0.5, 0.6) is 0 Å². The summed E-state index contributed by atoms with van der Waals surface area (Å²) in [6.07, 6.45) is 1.05. The first kappa shape index (κ1) is 11.2. The van der Waals surface area contributed by atoms with Crippen LogP contribution in [-0.2, 0) is 6.42 Å². The fraction of sp³-hybridized carbons (Fsp3) is 0.0769. The third kappa shape index (κ3) is 3.07. The van der Waals surface area contributed by atoms with Crippen LogP contribution in [0.4, 0.5) is 0 Å². The summed E-state index contributed by atoms with van der Waals surface area (Å²) >= 11 is 3.42. The predicted octanol–water partition coefficient (Wildman–Crippen LogP) is 2.92. The predicted molar refractivity (Wildman–Crippen MR) is 70.0 cm³/mol. The van der Waals surface area contributed by atoms with Crippen molar-refractivity contribution in [1.29, 1.82) is 0 Å². The molecule has 0 heterocycles. The fourth-order valence-corrected chi connectivity index (χ4v) is 3.96. The van der Waals surface area contributed by atoms with Gasteiger partial charge in [-0.2, -0.15) is 0 Å². The second kappa shape index (κ2) is 5.68. The van der Waals surface area contributed by atoms with E-state index in [9.17, 15) is 0 Å². The molecule has 15 heavy (non-hydrogen) atoms. The maximum Gasteiger partial charge on any atom is 0.507 e. The van der Waals surface area contributed by atoms with E-state index in [-0.39, 0.29) is 18.2 Å². The minimum absolute atomic E-state index is 0.241. The summed E-state index contributed by atoms with van der Waals surface area (Å²) < 4.78 is 1.52. The van der Waals surface area contributed by atoms with Crippen molar-refractivity contribution in [3.05, 3.63) is 65.7 Å². The zero-order valence-electron chi connectivity index (χ0n) is 8.49. The Labute approximate surface area is 106 Å². The van der Waals surface area contributed by atoms with E-state index in [4.69, 9.17) is 0 Å². The zero-order valence-corrected chi connectivity index (χ0v) is 11.5. The van der Waals surface area contributed by atoms with E-state index in [1.54, 1.807) is 0 Å². The Bertz CT molecular complexity index is 426. The number of benzene rings is 2. The van der Waals surface area contributed by atoms with Gasteiger partial charge in [-0.05, 0) is 12.0 Å². The van der Waals surface area contributed by atoms with Gasteiger partial charge in [0.15, 0.2) is 0 Å². The molecule has 72 valence electrons. The van der Waals surface area contributed by atoms with Gasteiger partial charge in [-0.3, -0.25) is 12.9 Å². The molecule has 0 atom stereocenters. The summed E-state index contributed by atoms with van der Waals surface area (Å²) in [7, 11) is 0. The van der Waals surface area contributed by atoms with Gasteiger partial charge in [0.2, 0.25) is 0 Å². The molecule has 0 saturated carbocycles. The van der Waals surface area contributed by atoms with Crippen LogP contribution in [0, 0.1) is 0 Å². The summed E-state index contributed by atoms with van der Waals surface area (Å²) in [4.78, 5) is 0. The van der Waals surface area contributed by atoms with Crippen molar-refractivity contribution in [2.24, 2.45) is 0 Å². The molecule has 0 amide bonds. The molecule has 0 saturated heterocycles. The smallest absolute Gasteiger partial charge is 0.296 e. The van der Waals surface area contributed by atoms with E-state index >= 15 is 0 Å². The quantitative estimate of drug-likeness (QED) is 0.753. The molecule has 2 rings (SSSR count). The topological polar surface area (TPSA) is 0 Å². The van der Waals surface area contributed by atoms with E-state index in [0.717, 1.165) is 6.42 Å². The molecule has 0 N–H and O–H groups in total. The van der Waals surface area contributed by atoms with E-state index in [0.29, 0.717) is 0 Å². The van der Waals surface area contributed by atoms with Crippen LogP contribution in [0.2, 0.25) is 0 Å². The lowest BCUT2D eigenvalue weighted by molar-refractivity contribution is 1.21. The van der Waals surface area contributed by atoms with Crippen molar-refractivity contribution in [3.63, 3.8) is 0 Å². The van der Waals surface area contributed by atoms with Crippen molar-refractivity contribution < 1.29 is 0 Å². The monoisotopic (exact) mass is 270 g/mol. The van der Waals surface area contributed by atoms with Crippen LogP contribution in [-0.4, -0.2) is 18.2 Å². The Balaban J connectivity index is 2.24. The molecule has 2 aromatic carbocycles. The van der Waals surface area contributed by atoms with Crippen molar-refractivity contribution in [2.75, 3.05) is 0 Å². The molecule has 0 aliphatic rings. The van der Waals surface area contributed by atoms with Gasteiger partial charge in [0.1, 0.15) is 0 Å². The Kier molecular flexibility index (Phi) is 4.24. The molecule has 0 aliphatic heterocycles. The van der Waals surface area contributed by atoms with Gasteiger partial charge in [0, 0.05) is 0 Å². The van der Waals surface area contributed by atoms with Crippen molar-refractivity contribution >= 4 is 34.8 Å². The molecule has 0 unspecified atom stereocenters. The fourth-order valence-electron chi connectivity index (χ4n) is 1.68. The van der Waals surface area contributed by atoms with Gasteiger partial charge in [-0.15, -0.1) is 3.69 Å². The zero-order chi connectivity index (χ0) is 10.5.